The van der Waals surface area contributed by atoms with Gasteiger partial charge in [-0.15, -0.1) is 0 Å². The molecule has 0 bridgehead atoms. The molecule has 1 N–H and O–H groups in total. The van der Waals surface area contributed by atoms with Gasteiger partial charge in [0.05, 0.1) is 14.4 Å². The number of hydrogen-bond acceptors (Lipinski definition) is 3. The fourth-order valence-electron chi connectivity index (χ4n) is 1.14. The standard InChI is InChI=1S/C10H19BN2O2/c1-3-9(14)8-13(10(15)7-11)6-5-12-4-2/h12H,3-8H2,1-2H3. The highest BCUT2D eigenvalue weighted by Gasteiger charge is 2.13. The largest absolute Gasteiger partial charge is 0.335 e. The number of carbonyl (C=O) groups is 2. The van der Waals surface area contributed by atoms with E-state index < -0.39 is 0 Å². The van der Waals surface area contributed by atoms with Gasteiger partial charge in [-0.1, -0.05) is 13.8 Å². The van der Waals surface area contributed by atoms with Gasteiger partial charge < -0.3 is 10.2 Å². The van der Waals surface area contributed by atoms with Gasteiger partial charge in [-0.25, -0.2) is 0 Å². The van der Waals surface area contributed by atoms with Crippen LogP contribution in [0.5, 0.6) is 0 Å². The lowest BCUT2D eigenvalue weighted by Crippen LogP contribution is -2.39. The molecule has 0 rings (SSSR count). The highest BCUT2D eigenvalue weighted by molar-refractivity contribution is 6.19. The summed E-state index contributed by atoms with van der Waals surface area (Å²) < 4.78 is 0. The second kappa shape index (κ2) is 8.47. The topological polar surface area (TPSA) is 49.4 Å². The first-order valence-electron chi connectivity index (χ1n) is 5.35. The van der Waals surface area contributed by atoms with E-state index in [9.17, 15) is 9.59 Å². The second-order valence-corrected chi connectivity index (χ2v) is 3.27. The first-order valence-corrected chi connectivity index (χ1v) is 5.35. The molecule has 0 aliphatic carbocycles. The van der Waals surface area contributed by atoms with Crippen molar-refractivity contribution in [1.29, 1.82) is 0 Å². The number of hydrogen-bond donors (Lipinski definition) is 1. The van der Waals surface area contributed by atoms with E-state index in [0.29, 0.717) is 19.5 Å². The summed E-state index contributed by atoms with van der Waals surface area (Å²) >= 11 is 0. The van der Waals surface area contributed by atoms with Crippen LogP contribution in [-0.4, -0.2) is 50.6 Å². The quantitative estimate of drug-likeness (QED) is 0.452. The summed E-state index contributed by atoms with van der Waals surface area (Å²) in [5, 5.41) is 3.10. The fraction of sp³-hybridized carbons (Fsp3) is 0.800. The molecule has 0 unspecified atom stereocenters. The molecule has 0 saturated heterocycles. The Morgan fingerprint density at radius 2 is 2.00 bits per heavy atom. The number of nitrogens with one attached hydrogen (secondary N) is 1. The number of nitrogens with zero attached hydrogens (tertiary/aromatic N) is 1. The summed E-state index contributed by atoms with van der Waals surface area (Å²) in [7, 11) is 5.27. The van der Waals surface area contributed by atoms with Crippen molar-refractivity contribution in [1.82, 2.24) is 10.2 Å². The van der Waals surface area contributed by atoms with Crippen LogP contribution < -0.4 is 5.32 Å². The van der Waals surface area contributed by atoms with Crippen LogP contribution in [0.3, 0.4) is 0 Å². The van der Waals surface area contributed by atoms with Crippen molar-refractivity contribution in [3.05, 3.63) is 0 Å². The predicted octanol–water partition coefficient (Wildman–Crippen LogP) is -0.00960. The molecule has 0 spiro atoms. The number of carbonyl (C=O) groups excluding carboxylic acids is 2. The van der Waals surface area contributed by atoms with Crippen LogP contribution in [0.1, 0.15) is 20.3 Å². The van der Waals surface area contributed by atoms with Gasteiger partial charge >= 0.3 is 0 Å². The number of Topliss-reactive ketones (excluding diaryl/α,β-unsaturated/α-hetero) is 1. The summed E-state index contributed by atoms with van der Waals surface area (Å²) in [5.74, 6) is -0.108. The van der Waals surface area contributed by atoms with Crippen LogP contribution in [-0.2, 0) is 9.59 Å². The third-order valence-electron chi connectivity index (χ3n) is 2.10. The Bertz CT molecular complexity index is 210. The molecule has 1 amide bonds. The summed E-state index contributed by atoms with van der Waals surface area (Å²) in [6, 6.07) is 0. The van der Waals surface area contributed by atoms with Crippen LogP contribution >= 0.6 is 0 Å². The van der Waals surface area contributed by atoms with Crippen molar-refractivity contribution < 1.29 is 9.59 Å². The van der Waals surface area contributed by atoms with E-state index in [1.54, 1.807) is 6.92 Å². The van der Waals surface area contributed by atoms with Crippen LogP contribution in [0.15, 0.2) is 0 Å². The lowest BCUT2D eigenvalue weighted by atomic mass is 10.0. The monoisotopic (exact) mass is 210 g/mol. The van der Waals surface area contributed by atoms with Crippen LogP contribution in [0.4, 0.5) is 0 Å². The average molecular weight is 210 g/mol. The minimum Gasteiger partial charge on any atom is -0.335 e. The molecule has 0 atom stereocenters. The summed E-state index contributed by atoms with van der Waals surface area (Å²) in [6.07, 6.45) is 0.415. The van der Waals surface area contributed by atoms with E-state index in [1.807, 2.05) is 6.92 Å². The van der Waals surface area contributed by atoms with Gasteiger partial charge in [-0.2, -0.15) is 0 Å². The van der Waals surface area contributed by atoms with Crippen molar-refractivity contribution in [2.24, 2.45) is 0 Å². The summed E-state index contributed by atoms with van der Waals surface area (Å²) in [5.41, 5.74) is 0. The molecule has 5 heteroatoms. The van der Waals surface area contributed by atoms with Gasteiger partial charge in [0.1, 0.15) is 0 Å². The molecule has 15 heavy (non-hydrogen) atoms. The van der Waals surface area contributed by atoms with Crippen LogP contribution in [0.25, 0.3) is 0 Å². The average Bonchev–Trinajstić information content (AvgIpc) is 2.26. The molecule has 2 radical (unpaired) electrons. The summed E-state index contributed by atoms with van der Waals surface area (Å²) in [4.78, 5) is 24.1. The fourth-order valence-corrected chi connectivity index (χ4v) is 1.14. The molecule has 0 heterocycles. The molecular weight excluding hydrogens is 191 g/mol. The Morgan fingerprint density at radius 1 is 1.33 bits per heavy atom. The second-order valence-electron chi connectivity index (χ2n) is 3.27. The number of ketones is 1. The van der Waals surface area contributed by atoms with Crippen molar-refractivity contribution in [3.8, 4) is 0 Å². The number of amides is 1. The zero-order valence-corrected chi connectivity index (χ0v) is 9.58. The predicted molar refractivity (Wildman–Crippen MR) is 61.0 cm³/mol. The molecule has 4 nitrogen and oxygen atoms in total. The molecule has 0 fully saturated rings. The lowest BCUT2D eigenvalue weighted by molar-refractivity contribution is -0.133. The molecule has 0 aliphatic rings. The first kappa shape index (κ1) is 14.2. The van der Waals surface area contributed by atoms with Gasteiger partial charge in [0, 0.05) is 19.5 Å². The molecule has 0 aromatic carbocycles. The van der Waals surface area contributed by atoms with Gasteiger partial charge in [-0.05, 0) is 12.9 Å². The van der Waals surface area contributed by atoms with E-state index >= 15 is 0 Å². The van der Waals surface area contributed by atoms with E-state index in [4.69, 9.17) is 7.85 Å². The maximum Gasteiger partial charge on any atom is 0.214 e. The van der Waals surface area contributed by atoms with E-state index in [-0.39, 0.29) is 24.6 Å². The van der Waals surface area contributed by atoms with E-state index in [1.165, 1.54) is 4.90 Å². The third-order valence-corrected chi connectivity index (χ3v) is 2.10. The molecule has 84 valence electrons. The van der Waals surface area contributed by atoms with Crippen molar-refractivity contribution in [3.63, 3.8) is 0 Å². The zero-order chi connectivity index (χ0) is 11.7. The molecular formula is C10H19BN2O2. The Morgan fingerprint density at radius 3 is 2.47 bits per heavy atom. The molecule has 0 aliphatic heterocycles. The van der Waals surface area contributed by atoms with Gasteiger partial charge in [0.2, 0.25) is 5.91 Å². The van der Waals surface area contributed by atoms with E-state index in [2.05, 4.69) is 5.32 Å². The zero-order valence-electron chi connectivity index (χ0n) is 9.58. The number of rotatable bonds is 8. The Balaban J connectivity index is 4.06. The van der Waals surface area contributed by atoms with Crippen molar-refractivity contribution in [2.75, 3.05) is 26.2 Å². The van der Waals surface area contributed by atoms with Crippen LogP contribution in [0.2, 0.25) is 6.32 Å². The van der Waals surface area contributed by atoms with Gasteiger partial charge in [0.15, 0.2) is 5.78 Å². The Hall–Kier alpha value is -0.835. The smallest absolute Gasteiger partial charge is 0.214 e. The highest BCUT2D eigenvalue weighted by Crippen LogP contribution is 1.95. The van der Waals surface area contributed by atoms with Crippen molar-refractivity contribution >= 4 is 19.5 Å². The maximum atomic E-state index is 11.4. The van der Waals surface area contributed by atoms with Gasteiger partial charge in [-0.3, -0.25) is 9.59 Å². The Labute approximate surface area is 92.8 Å². The van der Waals surface area contributed by atoms with Gasteiger partial charge in [0.25, 0.3) is 0 Å². The third kappa shape index (κ3) is 6.28. The molecule has 0 saturated carbocycles. The first-order chi connectivity index (χ1) is 7.15. The highest BCUT2D eigenvalue weighted by atomic mass is 16.2. The van der Waals surface area contributed by atoms with Crippen LogP contribution in [0, 0.1) is 0 Å². The van der Waals surface area contributed by atoms with Crippen molar-refractivity contribution in [2.45, 2.75) is 26.6 Å². The minimum absolute atomic E-state index is 0.0386. The number of likely N-dealkylation sites (N-methyl/N-ethyl adjacent to an activating group) is 1. The normalized spacial score (nSPS) is 10.0. The maximum absolute atomic E-state index is 11.4. The molecule has 0 aromatic heterocycles. The minimum atomic E-state index is -0.172. The SMILES string of the molecule is [B]CC(=O)N(CCNCC)CC(=O)CC. The summed E-state index contributed by atoms with van der Waals surface area (Å²) in [6.45, 7) is 6.04. The Kier molecular flexibility index (Phi) is 8.00. The lowest BCUT2D eigenvalue weighted by Gasteiger charge is -2.21. The molecule has 0 aromatic rings. The van der Waals surface area contributed by atoms with E-state index in [0.717, 1.165) is 6.54 Å².